The minimum Gasteiger partial charge on any atom is -0.383 e. The van der Waals surface area contributed by atoms with Crippen LogP contribution in [-0.2, 0) is 0 Å². The standard InChI is InChI=1S/C17H15N3S/c1-21-15-11-14(13-9-5-6-10-19-13)20-17(18)16(15)12-7-3-2-4-8-12/h2-11H,1H3,(H2,18,20). The van der Waals surface area contributed by atoms with Crippen molar-refractivity contribution in [2.24, 2.45) is 0 Å². The molecule has 0 spiro atoms. The number of benzene rings is 1. The van der Waals surface area contributed by atoms with E-state index < -0.39 is 0 Å². The first-order valence-corrected chi connectivity index (χ1v) is 7.83. The molecule has 3 rings (SSSR count). The number of thioether (sulfide) groups is 1. The molecule has 0 amide bonds. The van der Waals surface area contributed by atoms with E-state index in [1.54, 1.807) is 18.0 Å². The molecular formula is C17H15N3S. The Morgan fingerprint density at radius 3 is 2.38 bits per heavy atom. The van der Waals surface area contributed by atoms with Crippen LogP contribution in [0.2, 0.25) is 0 Å². The molecular weight excluding hydrogens is 278 g/mol. The van der Waals surface area contributed by atoms with Crippen molar-refractivity contribution in [1.29, 1.82) is 0 Å². The second-order valence-corrected chi connectivity index (χ2v) is 5.40. The van der Waals surface area contributed by atoms with Crippen LogP contribution in [0.5, 0.6) is 0 Å². The molecule has 3 aromatic rings. The molecule has 0 aliphatic carbocycles. The van der Waals surface area contributed by atoms with Gasteiger partial charge in [-0.15, -0.1) is 11.8 Å². The average molecular weight is 293 g/mol. The molecule has 2 aromatic heterocycles. The number of pyridine rings is 2. The quantitative estimate of drug-likeness (QED) is 0.738. The van der Waals surface area contributed by atoms with Gasteiger partial charge in [-0.3, -0.25) is 4.98 Å². The minimum atomic E-state index is 0.536. The summed E-state index contributed by atoms with van der Waals surface area (Å²) in [6, 6.07) is 17.9. The lowest BCUT2D eigenvalue weighted by atomic mass is 10.1. The van der Waals surface area contributed by atoms with Crippen LogP contribution in [0.3, 0.4) is 0 Å². The maximum absolute atomic E-state index is 6.21. The molecule has 21 heavy (non-hydrogen) atoms. The van der Waals surface area contributed by atoms with Gasteiger partial charge in [0.2, 0.25) is 0 Å². The molecule has 104 valence electrons. The zero-order valence-corrected chi connectivity index (χ0v) is 12.5. The van der Waals surface area contributed by atoms with E-state index in [-0.39, 0.29) is 0 Å². The van der Waals surface area contributed by atoms with E-state index in [0.29, 0.717) is 5.82 Å². The summed E-state index contributed by atoms with van der Waals surface area (Å²) in [5.41, 5.74) is 9.92. The van der Waals surface area contributed by atoms with Gasteiger partial charge in [-0.2, -0.15) is 0 Å². The zero-order chi connectivity index (χ0) is 14.7. The highest BCUT2D eigenvalue weighted by Crippen LogP contribution is 2.36. The lowest BCUT2D eigenvalue weighted by Gasteiger charge is -2.12. The third-order valence-corrected chi connectivity index (χ3v) is 3.98. The third kappa shape index (κ3) is 2.76. The molecule has 4 heteroatoms. The van der Waals surface area contributed by atoms with Crippen LogP contribution < -0.4 is 5.73 Å². The fourth-order valence-corrected chi connectivity index (χ4v) is 2.90. The summed E-state index contributed by atoms with van der Waals surface area (Å²) in [7, 11) is 0. The highest BCUT2D eigenvalue weighted by molar-refractivity contribution is 7.98. The molecule has 1 aromatic carbocycles. The van der Waals surface area contributed by atoms with Crippen molar-refractivity contribution in [3.8, 4) is 22.5 Å². The van der Waals surface area contributed by atoms with E-state index in [0.717, 1.165) is 27.4 Å². The Morgan fingerprint density at radius 2 is 1.71 bits per heavy atom. The Bertz CT molecular complexity index is 743. The summed E-state index contributed by atoms with van der Waals surface area (Å²) >= 11 is 1.67. The van der Waals surface area contributed by atoms with Crippen molar-refractivity contribution in [3.63, 3.8) is 0 Å². The first kappa shape index (κ1) is 13.6. The van der Waals surface area contributed by atoms with Crippen LogP contribution in [-0.4, -0.2) is 16.2 Å². The smallest absolute Gasteiger partial charge is 0.133 e. The summed E-state index contributed by atoms with van der Waals surface area (Å²) in [5.74, 6) is 0.536. The van der Waals surface area contributed by atoms with Gasteiger partial charge < -0.3 is 5.73 Å². The number of nitrogens with zero attached hydrogens (tertiary/aromatic N) is 2. The van der Waals surface area contributed by atoms with E-state index in [2.05, 4.69) is 9.97 Å². The Kier molecular flexibility index (Phi) is 3.88. The summed E-state index contributed by atoms with van der Waals surface area (Å²) in [4.78, 5) is 9.98. The topological polar surface area (TPSA) is 51.8 Å². The SMILES string of the molecule is CSc1cc(-c2ccccn2)nc(N)c1-c1ccccc1. The van der Waals surface area contributed by atoms with Crippen molar-refractivity contribution in [2.75, 3.05) is 12.0 Å². The number of nitrogen functional groups attached to an aromatic ring is 1. The largest absolute Gasteiger partial charge is 0.383 e. The highest BCUT2D eigenvalue weighted by Gasteiger charge is 2.13. The molecule has 0 unspecified atom stereocenters. The molecule has 3 nitrogen and oxygen atoms in total. The Labute approximate surface area is 128 Å². The molecule has 2 N–H and O–H groups in total. The molecule has 0 radical (unpaired) electrons. The summed E-state index contributed by atoms with van der Waals surface area (Å²) < 4.78 is 0. The van der Waals surface area contributed by atoms with E-state index in [1.807, 2.05) is 60.9 Å². The normalized spacial score (nSPS) is 10.5. The van der Waals surface area contributed by atoms with Gasteiger partial charge in [0.15, 0.2) is 0 Å². The van der Waals surface area contributed by atoms with Gasteiger partial charge in [0.25, 0.3) is 0 Å². The number of rotatable bonds is 3. The lowest BCUT2D eigenvalue weighted by molar-refractivity contribution is 1.22. The maximum Gasteiger partial charge on any atom is 0.133 e. The van der Waals surface area contributed by atoms with Crippen LogP contribution in [0.15, 0.2) is 65.7 Å². The second kappa shape index (κ2) is 5.97. The van der Waals surface area contributed by atoms with Crippen molar-refractivity contribution in [1.82, 2.24) is 9.97 Å². The predicted molar refractivity (Wildman–Crippen MR) is 89.1 cm³/mol. The minimum absolute atomic E-state index is 0.536. The van der Waals surface area contributed by atoms with E-state index in [9.17, 15) is 0 Å². The Morgan fingerprint density at radius 1 is 0.952 bits per heavy atom. The average Bonchev–Trinajstić information content (AvgIpc) is 2.55. The third-order valence-electron chi connectivity index (χ3n) is 3.22. The Hall–Kier alpha value is -2.33. The molecule has 0 aliphatic rings. The van der Waals surface area contributed by atoms with Crippen molar-refractivity contribution >= 4 is 17.6 Å². The van der Waals surface area contributed by atoms with Crippen LogP contribution in [0.4, 0.5) is 5.82 Å². The van der Waals surface area contributed by atoms with Crippen LogP contribution in [0, 0.1) is 0 Å². The number of anilines is 1. The van der Waals surface area contributed by atoms with Gasteiger partial charge in [0, 0.05) is 16.7 Å². The summed E-state index contributed by atoms with van der Waals surface area (Å²) in [6.45, 7) is 0. The fourth-order valence-electron chi connectivity index (χ4n) is 2.24. The molecule has 0 atom stereocenters. The molecule has 0 saturated heterocycles. The highest BCUT2D eigenvalue weighted by atomic mass is 32.2. The summed E-state index contributed by atoms with van der Waals surface area (Å²) in [5, 5.41) is 0. The number of hydrogen-bond donors (Lipinski definition) is 1. The predicted octanol–water partition coefficient (Wildman–Crippen LogP) is 4.11. The van der Waals surface area contributed by atoms with E-state index in [4.69, 9.17) is 5.73 Å². The van der Waals surface area contributed by atoms with Crippen molar-refractivity contribution in [2.45, 2.75) is 4.90 Å². The first-order chi connectivity index (χ1) is 10.3. The molecule has 2 heterocycles. The monoisotopic (exact) mass is 293 g/mol. The number of nitrogens with two attached hydrogens (primary N) is 1. The second-order valence-electron chi connectivity index (χ2n) is 4.55. The van der Waals surface area contributed by atoms with Gasteiger partial charge in [0.05, 0.1) is 11.4 Å². The van der Waals surface area contributed by atoms with Crippen molar-refractivity contribution < 1.29 is 0 Å². The maximum atomic E-state index is 6.21. The fraction of sp³-hybridized carbons (Fsp3) is 0.0588. The van der Waals surface area contributed by atoms with Gasteiger partial charge >= 0.3 is 0 Å². The number of hydrogen-bond acceptors (Lipinski definition) is 4. The van der Waals surface area contributed by atoms with Crippen LogP contribution in [0.25, 0.3) is 22.5 Å². The van der Waals surface area contributed by atoms with Gasteiger partial charge in [0.1, 0.15) is 5.82 Å². The number of aromatic nitrogens is 2. The molecule has 0 fully saturated rings. The van der Waals surface area contributed by atoms with Crippen LogP contribution in [0.1, 0.15) is 0 Å². The molecule has 0 aliphatic heterocycles. The van der Waals surface area contributed by atoms with Gasteiger partial charge in [-0.25, -0.2) is 4.98 Å². The van der Waals surface area contributed by atoms with E-state index >= 15 is 0 Å². The zero-order valence-electron chi connectivity index (χ0n) is 11.7. The Balaban J connectivity index is 2.16. The first-order valence-electron chi connectivity index (χ1n) is 6.61. The van der Waals surface area contributed by atoms with Crippen molar-refractivity contribution in [3.05, 3.63) is 60.8 Å². The van der Waals surface area contributed by atoms with Gasteiger partial charge in [-0.05, 0) is 30.0 Å². The van der Waals surface area contributed by atoms with E-state index in [1.165, 1.54) is 0 Å². The molecule has 0 bridgehead atoms. The van der Waals surface area contributed by atoms with Gasteiger partial charge in [-0.1, -0.05) is 36.4 Å². The lowest BCUT2D eigenvalue weighted by Crippen LogP contribution is -1.99. The van der Waals surface area contributed by atoms with Crippen LogP contribution >= 0.6 is 11.8 Å². The molecule has 0 saturated carbocycles. The summed E-state index contributed by atoms with van der Waals surface area (Å²) in [6.07, 6.45) is 3.81.